The van der Waals surface area contributed by atoms with E-state index in [0.717, 1.165) is 24.0 Å². The van der Waals surface area contributed by atoms with Gasteiger partial charge in [-0.1, -0.05) is 37.5 Å². The molecule has 1 aromatic carbocycles. The first-order chi connectivity index (χ1) is 10.2. The highest BCUT2D eigenvalue weighted by molar-refractivity contribution is 5.94. The average Bonchev–Trinajstić information content (AvgIpc) is 2.74. The first kappa shape index (κ1) is 15.6. The Hall–Kier alpha value is -1.79. The Morgan fingerprint density at radius 3 is 2.62 bits per heavy atom. The minimum atomic E-state index is -0.149. The molecule has 2 N–H and O–H groups in total. The molecule has 0 heterocycles. The number of aliphatic hydroxyl groups excluding tert-OH is 1. The predicted molar refractivity (Wildman–Crippen MR) is 84.1 cm³/mol. The summed E-state index contributed by atoms with van der Waals surface area (Å²) in [5.41, 5.74) is 2.51. The van der Waals surface area contributed by atoms with Crippen LogP contribution in [0.3, 0.4) is 0 Å². The van der Waals surface area contributed by atoms with Gasteiger partial charge in [-0.2, -0.15) is 0 Å². The van der Waals surface area contributed by atoms with E-state index < -0.39 is 0 Å². The van der Waals surface area contributed by atoms with Crippen LogP contribution in [-0.4, -0.2) is 23.7 Å². The highest BCUT2D eigenvalue weighted by atomic mass is 16.2. The molecule has 0 radical (unpaired) electrons. The van der Waals surface area contributed by atoms with E-state index >= 15 is 0 Å². The first-order valence-corrected chi connectivity index (χ1v) is 7.72. The predicted octanol–water partition coefficient (Wildman–Crippen LogP) is 2.79. The lowest BCUT2D eigenvalue weighted by Crippen LogP contribution is -2.34. The summed E-state index contributed by atoms with van der Waals surface area (Å²) in [4.78, 5) is 12.3. The van der Waals surface area contributed by atoms with Crippen molar-refractivity contribution in [1.82, 2.24) is 5.32 Å². The highest BCUT2D eigenvalue weighted by Crippen LogP contribution is 2.18. The second-order valence-electron chi connectivity index (χ2n) is 5.65. The minimum Gasteiger partial charge on any atom is -0.384 e. The Morgan fingerprint density at radius 1 is 1.29 bits per heavy atom. The van der Waals surface area contributed by atoms with Crippen LogP contribution in [-0.2, 0) is 0 Å². The smallest absolute Gasteiger partial charge is 0.251 e. The van der Waals surface area contributed by atoms with Crippen molar-refractivity contribution < 1.29 is 9.90 Å². The maximum absolute atomic E-state index is 12.3. The van der Waals surface area contributed by atoms with E-state index in [9.17, 15) is 4.79 Å². The molecule has 3 heteroatoms. The maximum Gasteiger partial charge on any atom is 0.251 e. The van der Waals surface area contributed by atoms with Gasteiger partial charge < -0.3 is 10.4 Å². The summed E-state index contributed by atoms with van der Waals surface area (Å²) < 4.78 is 0. The molecular formula is C18H23NO2. The van der Waals surface area contributed by atoms with E-state index in [-0.39, 0.29) is 12.5 Å². The summed E-state index contributed by atoms with van der Waals surface area (Å²) >= 11 is 0. The van der Waals surface area contributed by atoms with Crippen LogP contribution < -0.4 is 5.32 Å². The maximum atomic E-state index is 12.3. The highest BCUT2D eigenvalue weighted by Gasteiger charge is 2.16. The lowest BCUT2D eigenvalue weighted by atomic mass is 10.0. The fourth-order valence-electron chi connectivity index (χ4n) is 2.77. The molecule has 1 saturated carbocycles. The molecule has 1 aliphatic carbocycles. The number of benzene rings is 1. The van der Waals surface area contributed by atoms with Gasteiger partial charge in [0.1, 0.15) is 6.61 Å². The van der Waals surface area contributed by atoms with Crippen LogP contribution in [0.1, 0.15) is 60.0 Å². The van der Waals surface area contributed by atoms with Gasteiger partial charge in [-0.05, 0) is 43.5 Å². The Morgan fingerprint density at radius 2 is 2.00 bits per heavy atom. The van der Waals surface area contributed by atoms with Gasteiger partial charge in [0, 0.05) is 17.2 Å². The molecule has 0 aromatic heterocycles. The van der Waals surface area contributed by atoms with E-state index in [1.165, 1.54) is 25.7 Å². The summed E-state index contributed by atoms with van der Waals surface area (Å²) in [6.07, 6.45) is 7.16. The third kappa shape index (κ3) is 4.61. The Labute approximate surface area is 126 Å². The van der Waals surface area contributed by atoms with E-state index in [1.807, 2.05) is 19.1 Å². The fourth-order valence-corrected chi connectivity index (χ4v) is 2.77. The fraction of sp³-hybridized carbons (Fsp3) is 0.500. The molecule has 3 nitrogen and oxygen atoms in total. The SMILES string of the molecule is Cc1cc(C(=O)NC2CCCCCC2)ccc1C#CCO. The van der Waals surface area contributed by atoms with Crippen molar-refractivity contribution in [3.8, 4) is 11.8 Å². The van der Waals surface area contributed by atoms with Crippen LogP contribution in [0.25, 0.3) is 0 Å². The number of carbonyl (C=O) groups excluding carboxylic acids is 1. The Kier molecular flexibility index (Phi) is 5.83. The van der Waals surface area contributed by atoms with Crippen LogP contribution in [0.4, 0.5) is 0 Å². The Balaban J connectivity index is 2.03. The van der Waals surface area contributed by atoms with Crippen molar-refractivity contribution in [3.05, 3.63) is 34.9 Å². The molecule has 112 valence electrons. The van der Waals surface area contributed by atoms with Crippen molar-refractivity contribution >= 4 is 5.91 Å². The summed E-state index contributed by atoms with van der Waals surface area (Å²) in [6, 6.07) is 5.84. The summed E-state index contributed by atoms with van der Waals surface area (Å²) in [5.74, 6) is 5.52. The van der Waals surface area contributed by atoms with E-state index in [1.54, 1.807) is 6.07 Å². The molecule has 0 spiro atoms. The molecule has 0 atom stereocenters. The molecule has 1 aliphatic rings. The Bertz CT molecular complexity index is 546. The summed E-state index contributed by atoms with van der Waals surface area (Å²) in [5, 5.41) is 11.9. The van der Waals surface area contributed by atoms with Gasteiger partial charge in [0.05, 0.1) is 0 Å². The zero-order valence-corrected chi connectivity index (χ0v) is 12.6. The molecule has 1 aromatic rings. The van der Waals surface area contributed by atoms with Crippen LogP contribution in [0.2, 0.25) is 0 Å². The molecule has 0 saturated heterocycles. The molecule has 0 bridgehead atoms. The summed E-state index contributed by atoms with van der Waals surface area (Å²) in [7, 11) is 0. The number of rotatable bonds is 2. The molecule has 0 aliphatic heterocycles. The largest absolute Gasteiger partial charge is 0.384 e. The van der Waals surface area contributed by atoms with Crippen LogP contribution >= 0.6 is 0 Å². The van der Waals surface area contributed by atoms with Gasteiger partial charge in [0.15, 0.2) is 0 Å². The van der Waals surface area contributed by atoms with Gasteiger partial charge in [0.2, 0.25) is 0 Å². The van der Waals surface area contributed by atoms with E-state index in [2.05, 4.69) is 17.2 Å². The monoisotopic (exact) mass is 285 g/mol. The van der Waals surface area contributed by atoms with Crippen molar-refractivity contribution in [2.75, 3.05) is 6.61 Å². The number of hydrogen-bond donors (Lipinski definition) is 2. The number of aryl methyl sites for hydroxylation is 1. The van der Waals surface area contributed by atoms with Crippen LogP contribution in [0, 0.1) is 18.8 Å². The molecule has 1 fully saturated rings. The second-order valence-corrected chi connectivity index (χ2v) is 5.65. The van der Waals surface area contributed by atoms with Gasteiger partial charge >= 0.3 is 0 Å². The third-order valence-corrected chi connectivity index (χ3v) is 3.98. The number of carbonyl (C=O) groups is 1. The van der Waals surface area contributed by atoms with Crippen LogP contribution in [0.5, 0.6) is 0 Å². The van der Waals surface area contributed by atoms with Gasteiger partial charge in [-0.3, -0.25) is 4.79 Å². The zero-order valence-electron chi connectivity index (χ0n) is 12.6. The topological polar surface area (TPSA) is 49.3 Å². The van der Waals surface area contributed by atoms with Gasteiger partial charge in [0.25, 0.3) is 5.91 Å². The minimum absolute atomic E-state index is 0.00617. The third-order valence-electron chi connectivity index (χ3n) is 3.98. The van der Waals surface area contributed by atoms with Gasteiger partial charge in [-0.15, -0.1) is 0 Å². The quantitative estimate of drug-likeness (QED) is 0.648. The molecular weight excluding hydrogens is 262 g/mol. The van der Waals surface area contributed by atoms with Gasteiger partial charge in [-0.25, -0.2) is 0 Å². The van der Waals surface area contributed by atoms with E-state index in [4.69, 9.17) is 5.11 Å². The average molecular weight is 285 g/mol. The molecule has 21 heavy (non-hydrogen) atoms. The lowest BCUT2D eigenvalue weighted by Gasteiger charge is -2.16. The normalized spacial score (nSPS) is 15.7. The first-order valence-electron chi connectivity index (χ1n) is 7.72. The zero-order chi connectivity index (χ0) is 15.1. The number of amides is 1. The van der Waals surface area contributed by atoms with Crippen molar-refractivity contribution in [2.45, 2.75) is 51.5 Å². The molecule has 1 amide bonds. The van der Waals surface area contributed by atoms with Crippen molar-refractivity contribution in [3.63, 3.8) is 0 Å². The number of nitrogens with one attached hydrogen (secondary N) is 1. The standard InChI is InChI=1S/C18H23NO2/c1-14-13-16(11-10-15(14)7-6-12-20)18(21)19-17-8-4-2-3-5-9-17/h10-11,13,17,20H,2-5,8-9,12H2,1H3,(H,19,21). The van der Waals surface area contributed by atoms with Crippen molar-refractivity contribution in [2.24, 2.45) is 0 Å². The molecule has 0 unspecified atom stereocenters. The van der Waals surface area contributed by atoms with E-state index in [0.29, 0.717) is 11.6 Å². The summed E-state index contributed by atoms with van der Waals surface area (Å²) in [6.45, 7) is 1.78. The van der Waals surface area contributed by atoms with Crippen molar-refractivity contribution in [1.29, 1.82) is 0 Å². The second kappa shape index (κ2) is 7.85. The number of hydrogen-bond acceptors (Lipinski definition) is 2. The number of aliphatic hydroxyl groups is 1. The molecule has 2 rings (SSSR count). The van der Waals surface area contributed by atoms with Crippen LogP contribution in [0.15, 0.2) is 18.2 Å². The lowest BCUT2D eigenvalue weighted by molar-refractivity contribution is 0.0933.